The second-order valence-electron chi connectivity index (χ2n) is 5.22. The molecule has 20 heavy (non-hydrogen) atoms. The predicted octanol–water partition coefficient (Wildman–Crippen LogP) is 3.32. The monoisotopic (exact) mass is 288 g/mol. The molecule has 0 spiro atoms. The van der Waals surface area contributed by atoms with Crippen molar-refractivity contribution in [1.29, 1.82) is 0 Å². The fourth-order valence-electron chi connectivity index (χ4n) is 2.44. The quantitative estimate of drug-likeness (QED) is 0.920. The molecule has 1 saturated heterocycles. The third-order valence-corrected chi connectivity index (χ3v) is 3.73. The highest BCUT2D eigenvalue weighted by Gasteiger charge is 2.22. The molecule has 2 unspecified atom stereocenters. The van der Waals surface area contributed by atoms with E-state index in [-0.39, 0.29) is 6.04 Å². The first-order chi connectivity index (χ1) is 9.45. The number of benzene rings is 1. The van der Waals surface area contributed by atoms with Crippen LogP contribution in [0, 0.1) is 5.82 Å². The van der Waals surface area contributed by atoms with Gasteiger partial charge in [-0.1, -0.05) is 0 Å². The first-order valence-corrected chi connectivity index (χ1v) is 6.67. The molecule has 6 heteroatoms. The summed E-state index contributed by atoms with van der Waals surface area (Å²) in [6, 6.07) is 4.71. The standard InChI is InChI=1S/C14H19F3N2O/c1-9-7-11(5-6-19(9)2)18-10-3-4-13(12(15)8-10)20-14(16)17/h3-4,8-9,11,14,18H,5-7H2,1-2H3. The Balaban J connectivity index is 1.98. The molecule has 0 aromatic heterocycles. The van der Waals surface area contributed by atoms with E-state index in [1.807, 2.05) is 0 Å². The van der Waals surface area contributed by atoms with E-state index in [0.29, 0.717) is 11.7 Å². The van der Waals surface area contributed by atoms with Crippen LogP contribution in [0.15, 0.2) is 18.2 Å². The minimum absolute atomic E-state index is 0.266. The van der Waals surface area contributed by atoms with Crippen molar-refractivity contribution in [1.82, 2.24) is 4.90 Å². The van der Waals surface area contributed by atoms with Crippen molar-refractivity contribution in [2.75, 3.05) is 18.9 Å². The van der Waals surface area contributed by atoms with Crippen molar-refractivity contribution < 1.29 is 17.9 Å². The smallest absolute Gasteiger partial charge is 0.387 e. The number of halogens is 3. The third-order valence-electron chi connectivity index (χ3n) is 3.73. The van der Waals surface area contributed by atoms with Gasteiger partial charge in [-0.25, -0.2) is 4.39 Å². The van der Waals surface area contributed by atoms with Crippen LogP contribution in [0.1, 0.15) is 19.8 Å². The van der Waals surface area contributed by atoms with E-state index < -0.39 is 18.2 Å². The number of piperidine rings is 1. The highest BCUT2D eigenvalue weighted by atomic mass is 19.3. The first-order valence-electron chi connectivity index (χ1n) is 6.67. The molecular weight excluding hydrogens is 269 g/mol. The highest BCUT2D eigenvalue weighted by molar-refractivity contribution is 5.48. The van der Waals surface area contributed by atoms with Gasteiger partial charge in [0.05, 0.1) is 0 Å². The maximum Gasteiger partial charge on any atom is 0.387 e. The van der Waals surface area contributed by atoms with Gasteiger partial charge in [-0.3, -0.25) is 0 Å². The van der Waals surface area contributed by atoms with Crippen molar-refractivity contribution in [3.63, 3.8) is 0 Å². The molecule has 1 N–H and O–H groups in total. The van der Waals surface area contributed by atoms with Crippen molar-refractivity contribution in [2.24, 2.45) is 0 Å². The average molecular weight is 288 g/mol. The lowest BCUT2D eigenvalue weighted by atomic mass is 9.98. The van der Waals surface area contributed by atoms with E-state index in [0.717, 1.165) is 19.4 Å². The van der Waals surface area contributed by atoms with E-state index >= 15 is 0 Å². The molecule has 2 atom stereocenters. The van der Waals surface area contributed by atoms with Crippen LogP contribution < -0.4 is 10.1 Å². The zero-order valence-electron chi connectivity index (χ0n) is 11.6. The topological polar surface area (TPSA) is 24.5 Å². The molecule has 3 nitrogen and oxygen atoms in total. The summed E-state index contributed by atoms with van der Waals surface area (Å²) in [7, 11) is 2.08. The minimum atomic E-state index is -3.02. The second kappa shape index (κ2) is 6.35. The molecule has 1 aromatic carbocycles. The van der Waals surface area contributed by atoms with Crippen LogP contribution in [-0.4, -0.2) is 37.2 Å². The fourth-order valence-corrected chi connectivity index (χ4v) is 2.44. The number of nitrogens with one attached hydrogen (secondary N) is 1. The summed E-state index contributed by atoms with van der Waals surface area (Å²) in [5.41, 5.74) is 0.589. The molecule has 0 aliphatic carbocycles. The van der Waals surface area contributed by atoms with Crippen LogP contribution >= 0.6 is 0 Å². The van der Waals surface area contributed by atoms with Crippen LogP contribution in [0.25, 0.3) is 0 Å². The molecule has 1 fully saturated rings. The summed E-state index contributed by atoms with van der Waals surface area (Å²) >= 11 is 0. The highest BCUT2D eigenvalue weighted by Crippen LogP contribution is 2.25. The van der Waals surface area contributed by atoms with Crippen LogP contribution in [0.2, 0.25) is 0 Å². The molecule has 0 bridgehead atoms. The van der Waals surface area contributed by atoms with E-state index in [1.54, 1.807) is 6.07 Å². The van der Waals surface area contributed by atoms with Crippen molar-refractivity contribution in [3.8, 4) is 5.75 Å². The van der Waals surface area contributed by atoms with Gasteiger partial charge in [0, 0.05) is 30.4 Å². The van der Waals surface area contributed by atoms with Gasteiger partial charge in [0.25, 0.3) is 0 Å². The Morgan fingerprint density at radius 2 is 2.15 bits per heavy atom. The Morgan fingerprint density at radius 1 is 1.40 bits per heavy atom. The average Bonchev–Trinajstić information content (AvgIpc) is 2.37. The molecular formula is C14H19F3N2O. The van der Waals surface area contributed by atoms with E-state index in [4.69, 9.17) is 0 Å². The van der Waals surface area contributed by atoms with Gasteiger partial charge in [-0.05, 0) is 38.9 Å². The van der Waals surface area contributed by atoms with Gasteiger partial charge in [-0.15, -0.1) is 0 Å². The number of likely N-dealkylation sites (tertiary alicyclic amines) is 1. The lowest BCUT2D eigenvalue weighted by molar-refractivity contribution is -0.0521. The van der Waals surface area contributed by atoms with Gasteiger partial charge in [0.1, 0.15) is 0 Å². The summed E-state index contributed by atoms with van der Waals surface area (Å²) in [6.07, 6.45) is 1.94. The largest absolute Gasteiger partial charge is 0.432 e. The predicted molar refractivity (Wildman–Crippen MR) is 71.8 cm³/mol. The van der Waals surface area contributed by atoms with Crippen LogP contribution in [0.5, 0.6) is 5.75 Å². The molecule has 2 rings (SSSR count). The Labute approximate surface area is 116 Å². The molecule has 1 aromatic rings. The van der Waals surface area contributed by atoms with E-state index in [9.17, 15) is 13.2 Å². The summed E-state index contributed by atoms with van der Waals surface area (Å²) in [5, 5.41) is 3.24. The summed E-state index contributed by atoms with van der Waals surface area (Å²) in [6.45, 7) is 0.111. The van der Waals surface area contributed by atoms with E-state index in [1.165, 1.54) is 12.1 Å². The Morgan fingerprint density at radius 3 is 2.75 bits per heavy atom. The maximum atomic E-state index is 13.6. The number of nitrogens with zero attached hydrogens (tertiary/aromatic N) is 1. The number of rotatable bonds is 4. The lowest BCUT2D eigenvalue weighted by Crippen LogP contribution is -2.42. The van der Waals surface area contributed by atoms with Gasteiger partial charge < -0.3 is 15.0 Å². The maximum absolute atomic E-state index is 13.6. The molecule has 0 radical (unpaired) electrons. The number of hydrogen-bond donors (Lipinski definition) is 1. The number of anilines is 1. The summed E-state index contributed by atoms with van der Waals surface area (Å²) in [5.74, 6) is -1.21. The van der Waals surface area contributed by atoms with Gasteiger partial charge in [-0.2, -0.15) is 8.78 Å². The molecule has 1 heterocycles. The molecule has 1 aliphatic heterocycles. The molecule has 112 valence electrons. The SMILES string of the molecule is CC1CC(Nc2ccc(OC(F)F)c(F)c2)CCN1C. The first kappa shape index (κ1) is 15.0. The van der Waals surface area contributed by atoms with Gasteiger partial charge >= 0.3 is 6.61 Å². The zero-order valence-corrected chi connectivity index (χ0v) is 11.6. The molecule has 1 aliphatic rings. The molecule has 0 saturated carbocycles. The number of ether oxygens (including phenoxy) is 1. The fraction of sp³-hybridized carbons (Fsp3) is 0.571. The number of alkyl halides is 2. The van der Waals surface area contributed by atoms with Gasteiger partial charge in [0.15, 0.2) is 11.6 Å². The van der Waals surface area contributed by atoms with Crippen molar-refractivity contribution in [2.45, 2.75) is 38.5 Å². The summed E-state index contributed by atoms with van der Waals surface area (Å²) in [4.78, 5) is 2.28. The summed E-state index contributed by atoms with van der Waals surface area (Å²) < 4.78 is 41.8. The Kier molecular flexibility index (Phi) is 4.75. The molecule has 0 amide bonds. The van der Waals surface area contributed by atoms with Gasteiger partial charge in [0.2, 0.25) is 0 Å². The minimum Gasteiger partial charge on any atom is -0.432 e. The Bertz CT molecular complexity index is 456. The Hall–Kier alpha value is -1.43. The van der Waals surface area contributed by atoms with Crippen LogP contribution in [0.4, 0.5) is 18.9 Å². The normalized spacial score (nSPS) is 23.9. The van der Waals surface area contributed by atoms with Crippen molar-refractivity contribution in [3.05, 3.63) is 24.0 Å². The second-order valence-corrected chi connectivity index (χ2v) is 5.22. The van der Waals surface area contributed by atoms with Crippen LogP contribution in [-0.2, 0) is 0 Å². The van der Waals surface area contributed by atoms with Crippen LogP contribution in [0.3, 0.4) is 0 Å². The van der Waals surface area contributed by atoms with E-state index in [2.05, 4.69) is 28.9 Å². The van der Waals surface area contributed by atoms with Crippen molar-refractivity contribution >= 4 is 5.69 Å². The number of hydrogen-bond acceptors (Lipinski definition) is 3. The zero-order chi connectivity index (χ0) is 14.7. The third kappa shape index (κ3) is 3.79. The lowest BCUT2D eigenvalue weighted by Gasteiger charge is -2.35.